The normalized spacial score (nSPS) is 11.1. The molecule has 0 heterocycles. The first kappa shape index (κ1) is 25.2. The molecule has 0 bridgehead atoms. The lowest BCUT2D eigenvalue weighted by atomic mass is 10.0. The Morgan fingerprint density at radius 3 is 2.18 bits per heavy atom. The standard InChI is InChI=1S/C27H30N2O4S/c1-19-15-20(2)26(21(3)16-19)29-25(30)13-8-14-34(32,33)18-22-9-7-10-23(17-22)27(31)28-24-11-5-4-6-12-24/h4-7,9-12,15-17H,8,13-14,18H2,1-3H3,(H,28,31)(H,29,30). The van der Waals surface area contributed by atoms with Crippen LogP contribution in [0, 0.1) is 20.8 Å². The third-order valence-electron chi connectivity index (χ3n) is 5.41. The first-order valence-corrected chi connectivity index (χ1v) is 13.0. The highest BCUT2D eigenvalue weighted by molar-refractivity contribution is 7.90. The zero-order chi connectivity index (χ0) is 24.7. The van der Waals surface area contributed by atoms with Gasteiger partial charge in [0.2, 0.25) is 5.91 Å². The second-order valence-corrected chi connectivity index (χ2v) is 10.7. The number of rotatable bonds is 9. The Kier molecular flexibility index (Phi) is 8.23. The van der Waals surface area contributed by atoms with Crippen LogP contribution in [-0.4, -0.2) is 26.0 Å². The van der Waals surface area contributed by atoms with Crippen LogP contribution in [-0.2, 0) is 20.4 Å². The molecule has 3 aromatic carbocycles. The molecule has 0 unspecified atom stereocenters. The van der Waals surface area contributed by atoms with Gasteiger partial charge in [0.15, 0.2) is 9.84 Å². The second kappa shape index (κ2) is 11.1. The SMILES string of the molecule is Cc1cc(C)c(NC(=O)CCCS(=O)(=O)Cc2cccc(C(=O)Nc3ccccc3)c2)c(C)c1. The minimum absolute atomic E-state index is 0.104. The van der Waals surface area contributed by atoms with E-state index in [0.717, 1.165) is 22.4 Å². The molecule has 6 nitrogen and oxygen atoms in total. The Morgan fingerprint density at radius 2 is 1.50 bits per heavy atom. The Bertz CT molecular complexity index is 1260. The number of nitrogens with one attached hydrogen (secondary N) is 2. The second-order valence-electron chi connectivity index (χ2n) is 8.54. The summed E-state index contributed by atoms with van der Waals surface area (Å²) in [6, 6.07) is 19.7. The van der Waals surface area contributed by atoms with Crippen molar-refractivity contribution >= 4 is 33.0 Å². The van der Waals surface area contributed by atoms with Crippen molar-refractivity contribution in [3.63, 3.8) is 0 Å². The molecule has 7 heteroatoms. The number of carbonyl (C=O) groups excluding carboxylic acids is 2. The maximum atomic E-state index is 12.6. The molecule has 0 fully saturated rings. The number of anilines is 2. The van der Waals surface area contributed by atoms with Crippen LogP contribution in [0.15, 0.2) is 66.7 Å². The number of benzene rings is 3. The maximum absolute atomic E-state index is 12.6. The summed E-state index contributed by atoms with van der Waals surface area (Å²) in [6.07, 6.45) is 0.345. The van der Waals surface area contributed by atoms with E-state index < -0.39 is 9.84 Å². The van der Waals surface area contributed by atoms with Gasteiger partial charge in [-0.3, -0.25) is 9.59 Å². The smallest absolute Gasteiger partial charge is 0.255 e. The van der Waals surface area contributed by atoms with Gasteiger partial charge in [-0.25, -0.2) is 8.42 Å². The van der Waals surface area contributed by atoms with Gasteiger partial charge in [-0.2, -0.15) is 0 Å². The van der Waals surface area contributed by atoms with Crippen LogP contribution in [0.5, 0.6) is 0 Å². The van der Waals surface area contributed by atoms with Crippen LogP contribution in [0.2, 0.25) is 0 Å². The minimum Gasteiger partial charge on any atom is -0.326 e. The van der Waals surface area contributed by atoms with Crippen molar-refractivity contribution in [2.75, 3.05) is 16.4 Å². The van der Waals surface area contributed by atoms with Gasteiger partial charge in [0, 0.05) is 23.4 Å². The van der Waals surface area contributed by atoms with Gasteiger partial charge in [0.05, 0.1) is 11.5 Å². The molecule has 0 atom stereocenters. The summed E-state index contributed by atoms with van der Waals surface area (Å²) in [5.74, 6) is -0.794. The molecule has 178 valence electrons. The number of sulfone groups is 1. The molecule has 0 aliphatic heterocycles. The van der Waals surface area contributed by atoms with Gasteiger partial charge in [0.25, 0.3) is 5.91 Å². The largest absolute Gasteiger partial charge is 0.326 e. The van der Waals surface area contributed by atoms with Crippen molar-refractivity contribution in [3.8, 4) is 0 Å². The van der Waals surface area contributed by atoms with Gasteiger partial charge in [-0.1, -0.05) is 48.0 Å². The third-order valence-corrected chi connectivity index (χ3v) is 7.09. The molecule has 0 aliphatic carbocycles. The van der Waals surface area contributed by atoms with Crippen molar-refractivity contribution in [1.82, 2.24) is 0 Å². The fourth-order valence-electron chi connectivity index (χ4n) is 3.88. The van der Waals surface area contributed by atoms with Gasteiger partial charge < -0.3 is 10.6 Å². The summed E-state index contributed by atoms with van der Waals surface area (Å²) < 4.78 is 25.3. The lowest BCUT2D eigenvalue weighted by Crippen LogP contribution is -2.16. The van der Waals surface area contributed by atoms with Crippen LogP contribution in [0.1, 0.15) is 45.5 Å². The van der Waals surface area contributed by atoms with E-state index >= 15 is 0 Å². The van der Waals surface area contributed by atoms with Gasteiger partial charge in [-0.05, 0) is 68.1 Å². The first-order chi connectivity index (χ1) is 16.1. The molecule has 2 amide bonds. The monoisotopic (exact) mass is 478 g/mol. The summed E-state index contributed by atoms with van der Waals surface area (Å²) in [6.45, 7) is 5.88. The van der Waals surface area contributed by atoms with E-state index in [9.17, 15) is 18.0 Å². The van der Waals surface area contributed by atoms with Crippen LogP contribution in [0.4, 0.5) is 11.4 Å². The van der Waals surface area contributed by atoms with Crippen LogP contribution < -0.4 is 10.6 Å². The number of carbonyl (C=O) groups is 2. The highest BCUT2D eigenvalue weighted by atomic mass is 32.2. The molecule has 0 saturated carbocycles. The number of hydrogen-bond donors (Lipinski definition) is 2. The maximum Gasteiger partial charge on any atom is 0.255 e. The van der Waals surface area contributed by atoms with Gasteiger partial charge in [0.1, 0.15) is 0 Å². The Labute approximate surface area is 201 Å². The summed E-state index contributed by atoms with van der Waals surface area (Å²) in [5, 5.41) is 5.70. The molecule has 3 rings (SSSR count). The van der Waals surface area contributed by atoms with Crippen molar-refractivity contribution in [1.29, 1.82) is 0 Å². The number of hydrogen-bond acceptors (Lipinski definition) is 4. The molecule has 2 N–H and O–H groups in total. The van der Waals surface area contributed by atoms with Gasteiger partial charge >= 0.3 is 0 Å². The predicted molar refractivity (Wildman–Crippen MR) is 137 cm³/mol. The topological polar surface area (TPSA) is 92.3 Å². The molecule has 0 aromatic heterocycles. The van der Waals surface area contributed by atoms with Crippen molar-refractivity contribution in [2.45, 2.75) is 39.4 Å². The van der Waals surface area contributed by atoms with Crippen LogP contribution in [0.3, 0.4) is 0 Å². The van der Waals surface area contributed by atoms with Crippen LogP contribution in [0.25, 0.3) is 0 Å². The highest BCUT2D eigenvalue weighted by Crippen LogP contribution is 2.22. The molecule has 0 saturated heterocycles. The van der Waals surface area contributed by atoms with Crippen molar-refractivity contribution in [2.24, 2.45) is 0 Å². The van der Waals surface area contributed by atoms with Crippen molar-refractivity contribution in [3.05, 3.63) is 94.5 Å². The molecule has 0 spiro atoms. The fourth-order valence-corrected chi connectivity index (χ4v) is 5.30. The molecule has 34 heavy (non-hydrogen) atoms. The molecular weight excluding hydrogens is 448 g/mol. The highest BCUT2D eigenvalue weighted by Gasteiger charge is 2.16. The molecule has 0 aliphatic rings. The van der Waals surface area contributed by atoms with E-state index in [4.69, 9.17) is 0 Å². The average molecular weight is 479 g/mol. The van der Waals surface area contributed by atoms with E-state index in [1.807, 2.05) is 51.1 Å². The Hall–Kier alpha value is -3.45. The van der Waals surface area contributed by atoms with E-state index in [1.165, 1.54) is 0 Å². The summed E-state index contributed by atoms with van der Waals surface area (Å²) in [7, 11) is -3.44. The zero-order valence-electron chi connectivity index (χ0n) is 19.7. The number of amides is 2. The third kappa shape index (κ3) is 7.28. The lowest BCUT2D eigenvalue weighted by Gasteiger charge is -2.13. The average Bonchev–Trinajstić information content (AvgIpc) is 2.76. The zero-order valence-corrected chi connectivity index (χ0v) is 20.5. The fraction of sp³-hybridized carbons (Fsp3) is 0.259. The summed E-state index contributed by atoms with van der Waals surface area (Å²) >= 11 is 0. The lowest BCUT2D eigenvalue weighted by molar-refractivity contribution is -0.116. The van der Waals surface area contributed by atoms with Crippen LogP contribution >= 0.6 is 0 Å². The number of aryl methyl sites for hydroxylation is 3. The molecular formula is C27H30N2O4S. The number of para-hydroxylation sites is 1. The Balaban J connectivity index is 1.54. The van der Waals surface area contributed by atoms with Gasteiger partial charge in [-0.15, -0.1) is 0 Å². The van der Waals surface area contributed by atoms with E-state index in [-0.39, 0.29) is 36.2 Å². The van der Waals surface area contributed by atoms with E-state index in [1.54, 1.807) is 36.4 Å². The summed E-state index contributed by atoms with van der Waals surface area (Å²) in [4.78, 5) is 24.9. The summed E-state index contributed by atoms with van der Waals surface area (Å²) in [5.41, 5.74) is 5.46. The minimum atomic E-state index is -3.44. The van der Waals surface area contributed by atoms with Crippen molar-refractivity contribution < 1.29 is 18.0 Å². The molecule has 0 radical (unpaired) electrons. The van der Waals surface area contributed by atoms with E-state index in [0.29, 0.717) is 16.8 Å². The predicted octanol–water partition coefficient (Wildman–Crippen LogP) is 5.20. The Morgan fingerprint density at radius 1 is 0.824 bits per heavy atom. The van der Waals surface area contributed by atoms with E-state index in [2.05, 4.69) is 10.6 Å². The molecule has 3 aromatic rings. The quantitative estimate of drug-likeness (QED) is 0.442. The first-order valence-electron chi connectivity index (χ1n) is 11.2.